The Labute approximate surface area is 422 Å². The Bertz CT molecular complexity index is 2000. The second kappa shape index (κ2) is 32.5. The molecule has 404 valence electrons. The molecule has 72 heavy (non-hydrogen) atoms. The molecule has 0 spiro atoms. The van der Waals surface area contributed by atoms with E-state index in [-0.39, 0.29) is 49.9 Å². The number of aliphatic carboxylic acids is 3. The van der Waals surface area contributed by atoms with Crippen LogP contribution in [0.25, 0.3) is 0 Å². The summed E-state index contributed by atoms with van der Waals surface area (Å²) >= 11 is 0. The summed E-state index contributed by atoms with van der Waals surface area (Å²) in [5.74, 6) is -11.7. The summed E-state index contributed by atoms with van der Waals surface area (Å²) in [6.45, 7) is 15.1. The number of Topliss-reactive ketones (excluding diaryl/α,β-unsaturated/α-hetero) is 1. The monoisotopic (exact) mass is 1020 g/mol. The SMILES string of the molecule is CCC(NC(=O)C(CCC(=O)O)NC(=O)CNC(=O)CC(CC(C)C)NC(=O)C(NC(=O)C(CC(C)C)NC(=O)C(N)Cc1ccccc1)C(C)CC)C(=O)NC(CCC(=O)O)C(=O)CC(C(=O)O)C(C)C. The molecule has 0 saturated carbocycles. The molecule has 9 atom stereocenters. The highest BCUT2D eigenvalue weighted by Crippen LogP contribution is 2.19. The first kappa shape index (κ1) is 63.6. The summed E-state index contributed by atoms with van der Waals surface area (Å²) in [6, 6.07) is 1.10. The van der Waals surface area contributed by atoms with Crippen LogP contribution >= 0.6 is 0 Å². The molecule has 1 aromatic rings. The number of hydrogen-bond donors (Lipinski definition) is 11. The fourth-order valence-electron chi connectivity index (χ4n) is 7.65. The number of carbonyl (C=O) groups excluding carboxylic acids is 8. The highest BCUT2D eigenvalue weighted by atomic mass is 16.4. The molecule has 0 aliphatic rings. The number of ketones is 1. The number of hydrogen-bond acceptors (Lipinski definition) is 12. The van der Waals surface area contributed by atoms with Crippen LogP contribution in [0.15, 0.2) is 30.3 Å². The highest BCUT2D eigenvalue weighted by Gasteiger charge is 2.35. The van der Waals surface area contributed by atoms with Crippen LogP contribution in [0.1, 0.15) is 132 Å². The van der Waals surface area contributed by atoms with Gasteiger partial charge in [-0.2, -0.15) is 0 Å². The summed E-state index contributed by atoms with van der Waals surface area (Å²) in [5.41, 5.74) is 7.06. The van der Waals surface area contributed by atoms with E-state index in [0.29, 0.717) is 12.8 Å². The Hall–Kier alpha value is -6.45. The average Bonchev–Trinajstić information content (AvgIpc) is 3.29. The maximum absolute atomic E-state index is 14.0. The van der Waals surface area contributed by atoms with E-state index in [1.54, 1.807) is 20.8 Å². The van der Waals surface area contributed by atoms with Gasteiger partial charge in [-0.05, 0) is 67.8 Å². The first-order valence-corrected chi connectivity index (χ1v) is 24.8. The van der Waals surface area contributed by atoms with Crippen molar-refractivity contribution in [3.63, 3.8) is 0 Å². The lowest BCUT2D eigenvalue weighted by molar-refractivity contribution is -0.146. The van der Waals surface area contributed by atoms with Crippen LogP contribution in [0, 0.1) is 29.6 Å². The van der Waals surface area contributed by atoms with Crippen molar-refractivity contribution in [3.8, 4) is 0 Å². The number of benzene rings is 1. The third-order valence-corrected chi connectivity index (χ3v) is 12.0. The molecule has 0 fully saturated rings. The molecular formula is C50H80N8O14. The number of carbonyl (C=O) groups is 11. The van der Waals surface area contributed by atoms with Gasteiger partial charge in [-0.25, -0.2) is 0 Å². The van der Waals surface area contributed by atoms with Crippen LogP contribution in [0.5, 0.6) is 0 Å². The van der Waals surface area contributed by atoms with Gasteiger partial charge in [0.05, 0.1) is 24.5 Å². The summed E-state index contributed by atoms with van der Waals surface area (Å²) in [4.78, 5) is 142. The molecule has 0 radical (unpaired) electrons. The highest BCUT2D eigenvalue weighted by molar-refractivity contribution is 5.97. The topological polar surface area (TPSA) is 359 Å². The van der Waals surface area contributed by atoms with Crippen LogP contribution in [-0.4, -0.2) is 129 Å². The minimum atomic E-state index is -1.53. The van der Waals surface area contributed by atoms with Crippen molar-refractivity contribution in [1.29, 1.82) is 0 Å². The van der Waals surface area contributed by atoms with Gasteiger partial charge >= 0.3 is 17.9 Å². The lowest BCUT2D eigenvalue weighted by Crippen LogP contribution is -2.58. The van der Waals surface area contributed by atoms with Crippen LogP contribution < -0.4 is 43.0 Å². The summed E-state index contributed by atoms with van der Waals surface area (Å²) in [5, 5.41) is 46.3. The largest absolute Gasteiger partial charge is 0.481 e. The molecule has 0 aromatic heterocycles. The van der Waals surface area contributed by atoms with Gasteiger partial charge in [0.15, 0.2) is 5.78 Å². The van der Waals surface area contributed by atoms with Gasteiger partial charge in [0.25, 0.3) is 0 Å². The Balaban J connectivity index is 3.12. The number of rotatable bonds is 35. The predicted molar refractivity (Wildman–Crippen MR) is 265 cm³/mol. The van der Waals surface area contributed by atoms with Gasteiger partial charge in [0, 0.05) is 31.7 Å². The van der Waals surface area contributed by atoms with Crippen molar-refractivity contribution in [1.82, 2.24) is 37.2 Å². The lowest BCUT2D eigenvalue weighted by Gasteiger charge is -2.29. The molecular weight excluding hydrogens is 937 g/mol. The third kappa shape index (κ3) is 24.6. The van der Waals surface area contributed by atoms with Crippen molar-refractivity contribution in [2.75, 3.05) is 6.54 Å². The fraction of sp³-hybridized carbons (Fsp3) is 0.660. The predicted octanol–water partition coefficient (Wildman–Crippen LogP) is 1.57. The van der Waals surface area contributed by atoms with E-state index in [0.717, 1.165) is 5.56 Å². The van der Waals surface area contributed by atoms with Gasteiger partial charge in [-0.1, -0.05) is 99.1 Å². The number of nitrogens with one attached hydrogen (secondary N) is 7. The molecule has 0 aliphatic carbocycles. The fourth-order valence-corrected chi connectivity index (χ4v) is 7.65. The summed E-state index contributed by atoms with van der Waals surface area (Å²) in [6.07, 6.45) is -1.51. The Morgan fingerprint density at radius 1 is 0.556 bits per heavy atom. The number of amides is 7. The van der Waals surface area contributed by atoms with Crippen molar-refractivity contribution in [3.05, 3.63) is 35.9 Å². The quantitative estimate of drug-likeness (QED) is 0.0460. The van der Waals surface area contributed by atoms with E-state index < -0.39 is 151 Å². The minimum Gasteiger partial charge on any atom is -0.481 e. The van der Waals surface area contributed by atoms with E-state index in [2.05, 4.69) is 37.2 Å². The Morgan fingerprint density at radius 2 is 1.08 bits per heavy atom. The van der Waals surface area contributed by atoms with Gasteiger partial charge < -0.3 is 58.3 Å². The smallest absolute Gasteiger partial charge is 0.307 e. The minimum absolute atomic E-state index is 0.0205. The molecule has 1 rings (SSSR count). The van der Waals surface area contributed by atoms with E-state index in [4.69, 9.17) is 5.73 Å². The zero-order valence-electron chi connectivity index (χ0n) is 43.2. The zero-order valence-corrected chi connectivity index (χ0v) is 43.2. The number of carboxylic acids is 3. The average molecular weight is 1020 g/mol. The van der Waals surface area contributed by atoms with Crippen molar-refractivity contribution < 1.29 is 68.1 Å². The third-order valence-electron chi connectivity index (χ3n) is 12.0. The van der Waals surface area contributed by atoms with Crippen molar-refractivity contribution in [2.24, 2.45) is 35.3 Å². The molecule has 0 bridgehead atoms. The van der Waals surface area contributed by atoms with Gasteiger partial charge in [-0.15, -0.1) is 0 Å². The molecule has 0 aliphatic heterocycles. The molecule has 7 amide bonds. The van der Waals surface area contributed by atoms with Crippen LogP contribution in [-0.2, 0) is 59.2 Å². The molecule has 12 N–H and O–H groups in total. The molecule has 0 heterocycles. The molecule has 0 saturated heterocycles. The summed E-state index contributed by atoms with van der Waals surface area (Å²) < 4.78 is 0. The van der Waals surface area contributed by atoms with E-state index in [1.807, 2.05) is 65.0 Å². The van der Waals surface area contributed by atoms with Crippen molar-refractivity contribution in [2.45, 2.75) is 175 Å². The Kier molecular flexibility index (Phi) is 28.7. The molecule has 22 nitrogen and oxygen atoms in total. The van der Waals surface area contributed by atoms with Gasteiger partial charge in [-0.3, -0.25) is 52.7 Å². The Morgan fingerprint density at radius 3 is 1.60 bits per heavy atom. The molecule has 22 heteroatoms. The normalized spacial score (nSPS) is 15.0. The molecule has 9 unspecified atom stereocenters. The van der Waals surface area contributed by atoms with Crippen LogP contribution in [0.4, 0.5) is 0 Å². The standard InChI is InChI=1S/C50H80N8O14/c1-10-30(9)44(58-48(69)38(22-28(5)6)57-45(66)34(51)23-31-15-13-12-14-16-31)49(70)53-32(21-27(3)4)24-40(60)52-26-41(61)54-37(18-20-43(64)65)47(68)55-35(11-2)46(67)56-36(17-19-42(62)63)39(59)25-33(29(7)8)50(71)72/h12-16,27-30,32-38,44H,10-11,17-26,51H2,1-9H3,(H,52,60)(H,53,70)(H,54,61)(H,55,68)(H,56,67)(H,57,66)(H,58,69)(H,62,63)(H,64,65)(H,71,72). The zero-order chi connectivity index (χ0) is 54.8. The lowest BCUT2D eigenvalue weighted by atomic mass is 9.88. The van der Waals surface area contributed by atoms with Crippen LogP contribution in [0.3, 0.4) is 0 Å². The van der Waals surface area contributed by atoms with E-state index in [1.165, 1.54) is 6.92 Å². The summed E-state index contributed by atoms with van der Waals surface area (Å²) in [7, 11) is 0. The van der Waals surface area contributed by atoms with E-state index in [9.17, 15) is 68.1 Å². The molecule has 1 aromatic carbocycles. The number of nitrogens with two attached hydrogens (primary N) is 1. The van der Waals surface area contributed by atoms with Gasteiger partial charge in [0.2, 0.25) is 41.4 Å². The maximum Gasteiger partial charge on any atom is 0.307 e. The first-order chi connectivity index (χ1) is 33.7. The second-order valence-corrected chi connectivity index (χ2v) is 19.5. The first-order valence-electron chi connectivity index (χ1n) is 24.8. The van der Waals surface area contributed by atoms with Crippen LogP contribution in [0.2, 0.25) is 0 Å². The second-order valence-electron chi connectivity index (χ2n) is 19.5. The van der Waals surface area contributed by atoms with Gasteiger partial charge in [0.1, 0.15) is 24.2 Å². The number of carboxylic acid groups (broad SMARTS) is 3. The van der Waals surface area contributed by atoms with Crippen molar-refractivity contribution >= 4 is 65.0 Å². The maximum atomic E-state index is 14.0. The van der Waals surface area contributed by atoms with E-state index >= 15 is 0 Å².